The number of methoxy groups -OCH3 is 2. The van der Waals surface area contributed by atoms with E-state index in [4.69, 9.17) is 14.2 Å². The molecule has 0 atom stereocenters. The molecule has 0 bridgehead atoms. The monoisotopic (exact) mass is 515 g/mol. The minimum absolute atomic E-state index is 0.0426. The lowest BCUT2D eigenvalue weighted by molar-refractivity contribution is -0.140. The van der Waals surface area contributed by atoms with Gasteiger partial charge in [0.2, 0.25) is 0 Å². The van der Waals surface area contributed by atoms with Crippen molar-refractivity contribution in [1.82, 2.24) is 4.90 Å². The van der Waals surface area contributed by atoms with E-state index in [9.17, 15) is 22.8 Å². The molecule has 0 aliphatic heterocycles. The van der Waals surface area contributed by atoms with Gasteiger partial charge < -0.3 is 19.1 Å². The number of halogens is 3. The number of carbonyl (C=O) groups is 2. The molecule has 37 heavy (non-hydrogen) atoms. The zero-order chi connectivity index (χ0) is 27.0. The minimum Gasteiger partial charge on any atom is -0.496 e. The van der Waals surface area contributed by atoms with Gasteiger partial charge in [-0.1, -0.05) is 42.5 Å². The molecule has 0 fully saturated rings. The van der Waals surface area contributed by atoms with E-state index in [1.165, 1.54) is 25.2 Å². The molecule has 1 amide bonds. The highest BCUT2D eigenvalue weighted by atomic mass is 19.4. The van der Waals surface area contributed by atoms with Gasteiger partial charge in [0.25, 0.3) is 0 Å². The Balaban J connectivity index is 1.96. The largest absolute Gasteiger partial charge is 0.496 e. The topological polar surface area (TPSA) is 65.1 Å². The molecule has 3 aromatic carbocycles. The van der Waals surface area contributed by atoms with Crippen LogP contribution in [-0.2, 0) is 40.0 Å². The van der Waals surface area contributed by atoms with Crippen molar-refractivity contribution in [3.8, 4) is 16.9 Å². The number of hydrogen-bond acceptors (Lipinski definition) is 5. The van der Waals surface area contributed by atoms with E-state index in [0.29, 0.717) is 22.4 Å². The number of ether oxygens (including phenoxy) is 3. The Morgan fingerprint density at radius 2 is 1.65 bits per heavy atom. The third-order valence-corrected chi connectivity index (χ3v) is 5.79. The summed E-state index contributed by atoms with van der Waals surface area (Å²) in [5, 5.41) is 0. The van der Waals surface area contributed by atoms with Gasteiger partial charge >= 0.3 is 18.2 Å². The van der Waals surface area contributed by atoms with Gasteiger partial charge in [-0.15, -0.1) is 0 Å². The highest BCUT2D eigenvalue weighted by Gasteiger charge is 2.31. The summed E-state index contributed by atoms with van der Waals surface area (Å²) in [7, 11) is 2.72. The summed E-state index contributed by atoms with van der Waals surface area (Å²) >= 11 is 0. The number of benzene rings is 3. The zero-order valence-corrected chi connectivity index (χ0v) is 20.8. The molecule has 0 aromatic heterocycles. The molecule has 196 valence electrons. The first-order valence-corrected chi connectivity index (χ1v) is 11.6. The van der Waals surface area contributed by atoms with Crippen LogP contribution in [-0.4, -0.2) is 37.7 Å². The normalized spacial score (nSPS) is 11.1. The number of carbonyl (C=O) groups excluding carboxylic acids is 2. The molecule has 0 saturated carbocycles. The van der Waals surface area contributed by atoms with Gasteiger partial charge in [0, 0.05) is 18.7 Å². The summed E-state index contributed by atoms with van der Waals surface area (Å²) in [5.41, 5.74) is 1.81. The average molecular weight is 516 g/mol. The summed E-state index contributed by atoms with van der Waals surface area (Å²) in [5.74, 6) is -0.0382. The molecule has 0 spiro atoms. The summed E-state index contributed by atoms with van der Waals surface area (Å²) < 4.78 is 56.2. The Labute approximate surface area is 213 Å². The van der Waals surface area contributed by atoms with Crippen LogP contribution >= 0.6 is 0 Å². The number of amides is 1. The van der Waals surface area contributed by atoms with Crippen LogP contribution in [0.5, 0.6) is 5.75 Å². The highest BCUT2D eigenvalue weighted by molar-refractivity contribution is 5.76. The lowest BCUT2D eigenvalue weighted by atomic mass is 9.94. The Morgan fingerprint density at radius 3 is 2.27 bits per heavy atom. The van der Waals surface area contributed by atoms with Crippen molar-refractivity contribution in [2.45, 2.75) is 32.7 Å². The van der Waals surface area contributed by atoms with Crippen LogP contribution in [0.1, 0.15) is 29.2 Å². The highest BCUT2D eigenvalue weighted by Crippen LogP contribution is 2.35. The summed E-state index contributed by atoms with van der Waals surface area (Å²) in [6.45, 7) is 1.88. The molecular weight excluding hydrogens is 487 g/mol. The van der Waals surface area contributed by atoms with Crippen LogP contribution in [0, 0.1) is 0 Å². The van der Waals surface area contributed by atoms with Gasteiger partial charge in [-0.2, -0.15) is 13.2 Å². The Kier molecular flexibility index (Phi) is 9.16. The molecule has 3 aromatic rings. The second kappa shape index (κ2) is 12.3. The lowest BCUT2D eigenvalue weighted by Gasteiger charge is -2.23. The van der Waals surface area contributed by atoms with Crippen molar-refractivity contribution in [1.29, 1.82) is 0 Å². The maximum Gasteiger partial charge on any atom is 0.416 e. The average Bonchev–Trinajstić information content (AvgIpc) is 2.90. The fourth-order valence-corrected chi connectivity index (χ4v) is 3.82. The number of alkyl halides is 3. The van der Waals surface area contributed by atoms with E-state index in [-0.39, 0.29) is 31.7 Å². The molecule has 0 N–H and O–H groups in total. The Hall–Kier alpha value is -4.01. The molecule has 0 aliphatic carbocycles. The lowest BCUT2D eigenvalue weighted by Crippen LogP contribution is -2.31. The molecule has 0 radical (unpaired) electrons. The first kappa shape index (κ1) is 27.6. The number of hydrogen-bond donors (Lipinski definition) is 0. The molecule has 0 heterocycles. The van der Waals surface area contributed by atoms with Crippen molar-refractivity contribution in [3.05, 3.63) is 89.0 Å². The van der Waals surface area contributed by atoms with Gasteiger partial charge in [0.1, 0.15) is 12.4 Å². The molecule has 0 aliphatic rings. The number of nitrogens with zero attached hydrogens (tertiary/aromatic N) is 1. The second-order valence-corrected chi connectivity index (χ2v) is 8.20. The standard InChI is InChI=1S/C28H28F3NO5/c1-4-32(27(34)37-18-19-8-6-5-7-9-19)17-22-15-23(28(29,30)31)11-12-24(22)20-10-13-25(35-2)21(14-20)16-26(33)36-3/h5-15H,4,16-18H2,1-3H3. The number of esters is 1. The van der Waals surface area contributed by atoms with Crippen molar-refractivity contribution in [2.75, 3.05) is 20.8 Å². The third-order valence-electron chi connectivity index (χ3n) is 5.79. The van der Waals surface area contributed by atoms with E-state index in [1.54, 1.807) is 25.1 Å². The fourth-order valence-electron chi connectivity index (χ4n) is 3.82. The molecule has 0 saturated heterocycles. The first-order valence-electron chi connectivity index (χ1n) is 11.6. The van der Waals surface area contributed by atoms with E-state index in [0.717, 1.165) is 17.7 Å². The SMILES string of the molecule is CCN(Cc1cc(C(F)(F)F)ccc1-c1ccc(OC)c(CC(=O)OC)c1)C(=O)OCc1ccccc1. The quantitative estimate of drug-likeness (QED) is 0.315. The Bertz CT molecular complexity index is 1230. The van der Waals surface area contributed by atoms with Gasteiger partial charge in [-0.25, -0.2) is 4.79 Å². The summed E-state index contributed by atoms with van der Waals surface area (Å²) in [6, 6.07) is 17.5. The van der Waals surface area contributed by atoms with Crippen LogP contribution in [0.3, 0.4) is 0 Å². The van der Waals surface area contributed by atoms with Crippen LogP contribution in [0.2, 0.25) is 0 Å². The molecule has 0 unspecified atom stereocenters. The van der Waals surface area contributed by atoms with E-state index in [1.807, 2.05) is 30.3 Å². The fraction of sp³-hybridized carbons (Fsp3) is 0.286. The van der Waals surface area contributed by atoms with Gasteiger partial charge in [-0.05, 0) is 53.4 Å². The Morgan fingerprint density at radius 1 is 0.919 bits per heavy atom. The summed E-state index contributed by atoms with van der Waals surface area (Å²) in [6.07, 6.45) is -5.28. The molecular formula is C28H28F3NO5. The van der Waals surface area contributed by atoms with Crippen LogP contribution in [0.4, 0.5) is 18.0 Å². The number of rotatable bonds is 9. The third kappa shape index (κ3) is 7.25. The predicted molar refractivity (Wildman–Crippen MR) is 132 cm³/mol. The van der Waals surface area contributed by atoms with E-state index in [2.05, 4.69) is 0 Å². The second-order valence-electron chi connectivity index (χ2n) is 8.20. The molecule has 9 heteroatoms. The zero-order valence-electron chi connectivity index (χ0n) is 20.8. The van der Waals surface area contributed by atoms with Gasteiger partial charge in [0.05, 0.1) is 26.2 Å². The van der Waals surface area contributed by atoms with Crippen molar-refractivity contribution >= 4 is 12.1 Å². The molecule has 3 rings (SSSR count). The van der Waals surface area contributed by atoms with Gasteiger partial charge in [0.15, 0.2) is 0 Å². The summed E-state index contributed by atoms with van der Waals surface area (Å²) in [4.78, 5) is 26.0. The maximum absolute atomic E-state index is 13.6. The smallest absolute Gasteiger partial charge is 0.416 e. The predicted octanol–water partition coefficient (Wildman–Crippen LogP) is 6.26. The molecule has 6 nitrogen and oxygen atoms in total. The maximum atomic E-state index is 13.6. The van der Waals surface area contributed by atoms with E-state index < -0.39 is 23.8 Å². The van der Waals surface area contributed by atoms with Crippen molar-refractivity contribution in [2.24, 2.45) is 0 Å². The van der Waals surface area contributed by atoms with E-state index >= 15 is 0 Å². The van der Waals surface area contributed by atoms with Crippen LogP contribution in [0.25, 0.3) is 11.1 Å². The van der Waals surface area contributed by atoms with Crippen LogP contribution in [0.15, 0.2) is 66.7 Å². The van der Waals surface area contributed by atoms with Crippen LogP contribution < -0.4 is 4.74 Å². The van der Waals surface area contributed by atoms with Crippen molar-refractivity contribution in [3.63, 3.8) is 0 Å². The van der Waals surface area contributed by atoms with Gasteiger partial charge in [-0.3, -0.25) is 4.79 Å². The first-order chi connectivity index (χ1) is 17.7. The minimum atomic E-state index is -4.56. The van der Waals surface area contributed by atoms with Crippen molar-refractivity contribution < 1.29 is 37.0 Å².